The molecule has 158 valence electrons. The van der Waals surface area contributed by atoms with Gasteiger partial charge >= 0.3 is 12.2 Å². The van der Waals surface area contributed by atoms with E-state index in [1.165, 1.54) is 6.07 Å². The molecule has 1 aliphatic carbocycles. The highest BCUT2D eigenvalue weighted by atomic mass is 19.4. The second-order valence-electron chi connectivity index (χ2n) is 7.94. The van der Waals surface area contributed by atoms with E-state index in [1.54, 1.807) is 9.80 Å². The predicted molar refractivity (Wildman–Crippen MR) is 103 cm³/mol. The van der Waals surface area contributed by atoms with Crippen LogP contribution in [0.15, 0.2) is 18.2 Å². The number of carbonyl (C=O) groups excluding carboxylic acids is 2. The number of benzene rings is 1. The number of hydrogen-bond donors (Lipinski definition) is 1. The van der Waals surface area contributed by atoms with Gasteiger partial charge in [-0.1, -0.05) is 0 Å². The van der Waals surface area contributed by atoms with Gasteiger partial charge in [0.05, 0.1) is 16.9 Å². The van der Waals surface area contributed by atoms with Crippen LogP contribution < -0.4 is 10.2 Å². The van der Waals surface area contributed by atoms with Gasteiger partial charge in [0.2, 0.25) is 5.91 Å². The monoisotopic (exact) mass is 410 g/mol. The second-order valence-corrected chi connectivity index (χ2v) is 7.94. The van der Waals surface area contributed by atoms with Gasteiger partial charge in [0.15, 0.2) is 0 Å². The third-order valence-electron chi connectivity index (χ3n) is 5.82. The lowest BCUT2D eigenvalue weighted by atomic mass is 10.1. The molecule has 0 atom stereocenters. The summed E-state index contributed by atoms with van der Waals surface area (Å²) in [5, 5.41) is 2.69. The third kappa shape index (κ3) is 4.43. The Hall–Kier alpha value is -2.45. The van der Waals surface area contributed by atoms with Gasteiger partial charge in [0.1, 0.15) is 0 Å². The van der Waals surface area contributed by atoms with E-state index < -0.39 is 17.8 Å². The van der Waals surface area contributed by atoms with E-state index in [4.69, 9.17) is 0 Å². The standard InChI is InChI=1S/C20H25F3N4O2/c21-20(22,23)15-5-6-17(25-7-1-2-8-25)16(13-15)24-19(29)27-11-9-26(10-12-27)18(28)14-3-4-14/h5-6,13-14H,1-4,7-12H2,(H,24,29). The summed E-state index contributed by atoms with van der Waals surface area (Å²) < 4.78 is 39.6. The molecule has 1 aromatic carbocycles. The minimum Gasteiger partial charge on any atom is -0.370 e. The lowest BCUT2D eigenvalue weighted by Gasteiger charge is -2.35. The number of amides is 3. The van der Waals surface area contributed by atoms with Crippen molar-refractivity contribution >= 4 is 23.3 Å². The summed E-state index contributed by atoms with van der Waals surface area (Å²) >= 11 is 0. The lowest BCUT2D eigenvalue weighted by molar-refractivity contribution is -0.137. The predicted octanol–water partition coefficient (Wildman–Crippen LogP) is 3.39. The summed E-state index contributed by atoms with van der Waals surface area (Å²) in [6.45, 7) is 3.20. The molecule has 29 heavy (non-hydrogen) atoms. The number of anilines is 2. The Bertz CT molecular complexity index is 780. The third-order valence-corrected chi connectivity index (χ3v) is 5.82. The zero-order valence-corrected chi connectivity index (χ0v) is 16.2. The fraction of sp³-hybridized carbons (Fsp3) is 0.600. The minimum atomic E-state index is -4.47. The number of nitrogens with one attached hydrogen (secondary N) is 1. The molecule has 2 heterocycles. The molecule has 2 aliphatic heterocycles. The fourth-order valence-corrected chi connectivity index (χ4v) is 3.96. The van der Waals surface area contributed by atoms with Gasteiger partial charge in [-0.05, 0) is 43.9 Å². The normalized spacial score (nSPS) is 20.2. The number of halogens is 3. The van der Waals surface area contributed by atoms with Crippen LogP contribution in [-0.4, -0.2) is 61.0 Å². The number of hydrogen-bond acceptors (Lipinski definition) is 3. The van der Waals surface area contributed by atoms with Crippen molar-refractivity contribution in [2.24, 2.45) is 5.92 Å². The van der Waals surface area contributed by atoms with E-state index in [1.807, 2.05) is 4.90 Å². The van der Waals surface area contributed by atoms with Crippen LogP contribution in [-0.2, 0) is 11.0 Å². The van der Waals surface area contributed by atoms with E-state index >= 15 is 0 Å². The Kier molecular flexibility index (Phi) is 5.31. The van der Waals surface area contributed by atoms with Gasteiger partial charge in [0, 0.05) is 45.2 Å². The molecule has 3 amide bonds. The topological polar surface area (TPSA) is 55.9 Å². The number of alkyl halides is 3. The molecule has 3 aliphatic rings. The summed E-state index contributed by atoms with van der Waals surface area (Å²) in [5.41, 5.74) is 0.0187. The van der Waals surface area contributed by atoms with Crippen LogP contribution in [0.5, 0.6) is 0 Å². The van der Waals surface area contributed by atoms with Gasteiger partial charge in [-0.3, -0.25) is 4.79 Å². The van der Waals surface area contributed by atoms with Gasteiger partial charge < -0.3 is 20.0 Å². The first-order valence-electron chi connectivity index (χ1n) is 10.1. The summed E-state index contributed by atoms with van der Waals surface area (Å²) in [7, 11) is 0. The molecular weight excluding hydrogens is 385 g/mol. The van der Waals surface area contributed by atoms with E-state index in [0.29, 0.717) is 31.9 Å². The number of urea groups is 1. The highest BCUT2D eigenvalue weighted by Gasteiger charge is 2.36. The molecule has 2 saturated heterocycles. The van der Waals surface area contributed by atoms with E-state index in [2.05, 4.69) is 5.32 Å². The van der Waals surface area contributed by atoms with E-state index in [-0.39, 0.29) is 17.5 Å². The summed E-state index contributed by atoms with van der Waals surface area (Å²) in [6.07, 6.45) is -0.642. The molecule has 1 saturated carbocycles. The Morgan fingerprint density at radius 2 is 1.55 bits per heavy atom. The van der Waals surface area contributed by atoms with Crippen molar-refractivity contribution < 1.29 is 22.8 Å². The molecule has 0 bridgehead atoms. The maximum atomic E-state index is 13.2. The maximum Gasteiger partial charge on any atom is 0.416 e. The second kappa shape index (κ2) is 7.76. The molecule has 1 N–H and O–H groups in total. The van der Waals surface area contributed by atoms with Crippen LogP contribution in [0.4, 0.5) is 29.3 Å². The molecule has 0 unspecified atom stereocenters. The van der Waals surface area contributed by atoms with Crippen molar-refractivity contribution in [2.45, 2.75) is 31.9 Å². The Labute approximate surface area is 167 Å². The lowest BCUT2D eigenvalue weighted by Crippen LogP contribution is -2.52. The first-order chi connectivity index (χ1) is 13.8. The van der Waals surface area contributed by atoms with Gasteiger partial charge in [-0.2, -0.15) is 13.2 Å². The van der Waals surface area contributed by atoms with Crippen molar-refractivity contribution in [3.05, 3.63) is 23.8 Å². The number of nitrogens with zero attached hydrogens (tertiary/aromatic N) is 3. The summed E-state index contributed by atoms with van der Waals surface area (Å²) in [5.74, 6) is 0.294. The SMILES string of the molecule is O=C(Nc1cc(C(F)(F)F)ccc1N1CCCC1)N1CCN(C(=O)C2CC2)CC1. The molecule has 0 radical (unpaired) electrons. The first-order valence-corrected chi connectivity index (χ1v) is 10.1. The Morgan fingerprint density at radius 3 is 2.14 bits per heavy atom. The summed E-state index contributed by atoms with van der Waals surface area (Å²) in [6, 6.07) is 3.09. The fourth-order valence-electron chi connectivity index (χ4n) is 3.96. The van der Waals surface area contributed by atoms with Crippen LogP contribution in [0.1, 0.15) is 31.2 Å². The number of rotatable bonds is 3. The van der Waals surface area contributed by atoms with Crippen molar-refractivity contribution in [3.63, 3.8) is 0 Å². The van der Waals surface area contributed by atoms with Gasteiger partial charge in [-0.25, -0.2) is 4.79 Å². The first kappa shape index (κ1) is 19.8. The van der Waals surface area contributed by atoms with Crippen molar-refractivity contribution in [2.75, 3.05) is 49.5 Å². The number of piperazine rings is 1. The number of carbonyl (C=O) groups is 2. The Morgan fingerprint density at radius 1 is 0.931 bits per heavy atom. The highest BCUT2D eigenvalue weighted by molar-refractivity contribution is 5.94. The van der Waals surface area contributed by atoms with Crippen LogP contribution in [0.3, 0.4) is 0 Å². The van der Waals surface area contributed by atoms with E-state index in [0.717, 1.165) is 50.9 Å². The highest BCUT2D eigenvalue weighted by Crippen LogP contribution is 2.37. The average Bonchev–Trinajstić information content (AvgIpc) is 3.41. The smallest absolute Gasteiger partial charge is 0.370 e. The molecule has 3 fully saturated rings. The van der Waals surface area contributed by atoms with Crippen LogP contribution in [0.25, 0.3) is 0 Å². The Balaban J connectivity index is 1.45. The average molecular weight is 410 g/mol. The largest absolute Gasteiger partial charge is 0.416 e. The minimum absolute atomic E-state index is 0.142. The van der Waals surface area contributed by atoms with Crippen molar-refractivity contribution in [3.8, 4) is 0 Å². The molecule has 9 heteroatoms. The molecule has 6 nitrogen and oxygen atoms in total. The van der Waals surface area contributed by atoms with Crippen LogP contribution >= 0.6 is 0 Å². The summed E-state index contributed by atoms with van der Waals surface area (Å²) in [4.78, 5) is 30.2. The molecular formula is C20H25F3N4O2. The van der Waals surface area contributed by atoms with Crippen molar-refractivity contribution in [1.29, 1.82) is 0 Å². The van der Waals surface area contributed by atoms with Crippen molar-refractivity contribution in [1.82, 2.24) is 9.80 Å². The van der Waals surface area contributed by atoms with Gasteiger partial charge in [0.25, 0.3) is 0 Å². The quantitative estimate of drug-likeness (QED) is 0.831. The maximum absolute atomic E-state index is 13.2. The van der Waals surface area contributed by atoms with Crippen LogP contribution in [0.2, 0.25) is 0 Å². The zero-order valence-electron chi connectivity index (χ0n) is 16.2. The van der Waals surface area contributed by atoms with Crippen LogP contribution in [0, 0.1) is 5.92 Å². The molecule has 0 spiro atoms. The molecule has 4 rings (SSSR count). The molecule has 1 aromatic rings. The van der Waals surface area contributed by atoms with Gasteiger partial charge in [-0.15, -0.1) is 0 Å². The molecule has 0 aromatic heterocycles. The zero-order chi connectivity index (χ0) is 20.6. The van der Waals surface area contributed by atoms with E-state index in [9.17, 15) is 22.8 Å².